The van der Waals surface area contributed by atoms with Crippen LogP contribution < -0.4 is 10.2 Å². The fraction of sp³-hybridized carbons (Fsp3) is 0.625. The standard InChI is InChI=1S/C16H25F3N2/c1-11(2)20-9-14-6-7-15(8-13(14)5)21(12(3)4)10-16(17,18)19/h6-8,11-12,20H,9-10H2,1-5H3. The molecule has 0 saturated carbocycles. The molecule has 0 aliphatic heterocycles. The van der Waals surface area contributed by atoms with Gasteiger partial charge in [-0.05, 0) is 44.0 Å². The third-order valence-corrected chi connectivity index (χ3v) is 3.33. The van der Waals surface area contributed by atoms with Crippen LogP contribution in [0.1, 0.15) is 38.8 Å². The van der Waals surface area contributed by atoms with Crippen molar-refractivity contribution < 1.29 is 13.2 Å². The van der Waals surface area contributed by atoms with Crippen molar-refractivity contribution in [3.05, 3.63) is 29.3 Å². The Labute approximate surface area is 125 Å². The SMILES string of the molecule is Cc1cc(N(CC(F)(F)F)C(C)C)ccc1CNC(C)C. The minimum absolute atomic E-state index is 0.203. The lowest BCUT2D eigenvalue weighted by molar-refractivity contribution is -0.120. The van der Waals surface area contributed by atoms with Gasteiger partial charge in [0, 0.05) is 24.3 Å². The largest absolute Gasteiger partial charge is 0.405 e. The summed E-state index contributed by atoms with van der Waals surface area (Å²) >= 11 is 0. The Hall–Kier alpha value is -1.23. The molecule has 0 radical (unpaired) electrons. The highest BCUT2D eigenvalue weighted by Gasteiger charge is 2.32. The van der Waals surface area contributed by atoms with Crippen LogP contribution in [0, 0.1) is 6.92 Å². The van der Waals surface area contributed by atoms with E-state index in [0.717, 1.165) is 17.7 Å². The van der Waals surface area contributed by atoms with Crippen molar-refractivity contribution in [2.45, 2.75) is 59.4 Å². The lowest BCUT2D eigenvalue weighted by Gasteiger charge is -2.30. The molecule has 120 valence electrons. The molecule has 1 aromatic carbocycles. The van der Waals surface area contributed by atoms with Crippen molar-refractivity contribution >= 4 is 5.69 Å². The molecule has 0 aromatic heterocycles. The second kappa shape index (κ2) is 7.16. The fourth-order valence-electron chi connectivity index (χ4n) is 2.14. The number of hydrogen-bond donors (Lipinski definition) is 1. The van der Waals surface area contributed by atoms with Crippen molar-refractivity contribution in [3.8, 4) is 0 Å². The number of anilines is 1. The number of benzene rings is 1. The van der Waals surface area contributed by atoms with Gasteiger partial charge in [-0.25, -0.2) is 0 Å². The summed E-state index contributed by atoms with van der Waals surface area (Å²) in [5.74, 6) is 0. The first-order chi connectivity index (χ1) is 9.60. The van der Waals surface area contributed by atoms with Gasteiger partial charge >= 0.3 is 6.18 Å². The summed E-state index contributed by atoms with van der Waals surface area (Å²) in [7, 11) is 0. The summed E-state index contributed by atoms with van der Waals surface area (Å²) in [4.78, 5) is 1.38. The van der Waals surface area contributed by atoms with Crippen LogP contribution in [0.5, 0.6) is 0 Å². The van der Waals surface area contributed by atoms with E-state index >= 15 is 0 Å². The Morgan fingerprint density at radius 3 is 2.19 bits per heavy atom. The molecule has 0 bridgehead atoms. The molecule has 0 heterocycles. The van der Waals surface area contributed by atoms with Crippen LogP contribution in [0.4, 0.5) is 18.9 Å². The lowest BCUT2D eigenvalue weighted by atomic mass is 10.1. The molecular formula is C16H25F3N2. The van der Waals surface area contributed by atoms with E-state index in [4.69, 9.17) is 0 Å². The molecule has 2 nitrogen and oxygen atoms in total. The molecule has 5 heteroatoms. The van der Waals surface area contributed by atoms with Crippen molar-refractivity contribution in [1.82, 2.24) is 5.32 Å². The van der Waals surface area contributed by atoms with Crippen molar-refractivity contribution in [1.29, 1.82) is 0 Å². The Morgan fingerprint density at radius 2 is 1.76 bits per heavy atom. The number of aryl methyl sites for hydroxylation is 1. The number of alkyl halides is 3. The van der Waals surface area contributed by atoms with Gasteiger partial charge in [-0.1, -0.05) is 19.9 Å². The van der Waals surface area contributed by atoms with E-state index in [2.05, 4.69) is 19.2 Å². The molecule has 0 unspecified atom stereocenters. The number of nitrogens with zero attached hydrogens (tertiary/aromatic N) is 1. The van der Waals surface area contributed by atoms with Crippen LogP contribution in [-0.4, -0.2) is 24.8 Å². The monoisotopic (exact) mass is 302 g/mol. The second-order valence-corrected chi connectivity index (χ2v) is 5.98. The van der Waals surface area contributed by atoms with E-state index in [1.165, 1.54) is 4.90 Å². The summed E-state index contributed by atoms with van der Waals surface area (Å²) in [5.41, 5.74) is 2.74. The first-order valence-electron chi connectivity index (χ1n) is 7.26. The van der Waals surface area contributed by atoms with E-state index in [9.17, 15) is 13.2 Å². The third-order valence-electron chi connectivity index (χ3n) is 3.33. The van der Waals surface area contributed by atoms with Crippen molar-refractivity contribution in [2.75, 3.05) is 11.4 Å². The number of halogens is 3. The Kier molecular flexibility index (Phi) is 6.08. The average Bonchev–Trinajstić information content (AvgIpc) is 2.33. The quantitative estimate of drug-likeness (QED) is 0.844. The highest BCUT2D eigenvalue weighted by Crippen LogP contribution is 2.26. The smallest absolute Gasteiger partial charge is 0.360 e. The van der Waals surface area contributed by atoms with Crippen molar-refractivity contribution in [2.24, 2.45) is 0 Å². The van der Waals surface area contributed by atoms with Gasteiger partial charge in [0.2, 0.25) is 0 Å². The number of nitrogens with one attached hydrogen (secondary N) is 1. The Balaban J connectivity index is 2.93. The minimum atomic E-state index is -4.20. The number of hydrogen-bond acceptors (Lipinski definition) is 2. The van der Waals surface area contributed by atoms with Crippen LogP contribution >= 0.6 is 0 Å². The zero-order chi connectivity index (χ0) is 16.2. The summed E-state index contributed by atoms with van der Waals surface area (Å²) in [5, 5.41) is 3.32. The Morgan fingerprint density at radius 1 is 1.14 bits per heavy atom. The summed E-state index contributed by atoms with van der Waals surface area (Å²) in [6, 6.07) is 5.69. The molecule has 1 aromatic rings. The molecule has 0 aliphatic rings. The molecule has 0 amide bonds. The van der Waals surface area contributed by atoms with Crippen molar-refractivity contribution in [3.63, 3.8) is 0 Å². The van der Waals surface area contributed by atoms with E-state index in [-0.39, 0.29) is 6.04 Å². The topological polar surface area (TPSA) is 15.3 Å². The number of rotatable bonds is 6. The molecule has 21 heavy (non-hydrogen) atoms. The average molecular weight is 302 g/mol. The van der Waals surface area contributed by atoms with E-state index < -0.39 is 12.7 Å². The Bertz CT molecular complexity index is 453. The molecule has 1 N–H and O–H groups in total. The van der Waals surface area contributed by atoms with Gasteiger partial charge in [0.25, 0.3) is 0 Å². The van der Waals surface area contributed by atoms with E-state index in [0.29, 0.717) is 11.7 Å². The molecule has 0 saturated heterocycles. The molecule has 0 spiro atoms. The minimum Gasteiger partial charge on any atom is -0.360 e. The molecule has 0 aliphatic carbocycles. The van der Waals surface area contributed by atoms with Crippen LogP contribution in [0.2, 0.25) is 0 Å². The summed E-state index contributed by atoms with van der Waals surface area (Å²) in [6.07, 6.45) is -4.20. The molecule has 0 fully saturated rings. The predicted molar refractivity (Wildman–Crippen MR) is 81.7 cm³/mol. The maximum absolute atomic E-state index is 12.7. The zero-order valence-electron chi connectivity index (χ0n) is 13.4. The summed E-state index contributed by atoms with van der Waals surface area (Å²) in [6.45, 7) is 9.41. The van der Waals surface area contributed by atoms with Gasteiger partial charge < -0.3 is 10.2 Å². The van der Waals surface area contributed by atoms with Gasteiger partial charge in [-0.15, -0.1) is 0 Å². The van der Waals surface area contributed by atoms with Gasteiger partial charge in [0.15, 0.2) is 0 Å². The van der Waals surface area contributed by atoms with Gasteiger partial charge in [-0.2, -0.15) is 13.2 Å². The van der Waals surface area contributed by atoms with Crippen LogP contribution in [0.25, 0.3) is 0 Å². The van der Waals surface area contributed by atoms with Gasteiger partial charge in [0.05, 0.1) is 0 Å². The fourth-order valence-corrected chi connectivity index (χ4v) is 2.14. The zero-order valence-corrected chi connectivity index (χ0v) is 13.4. The van der Waals surface area contributed by atoms with Gasteiger partial charge in [0.1, 0.15) is 6.54 Å². The van der Waals surface area contributed by atoms with Crippen LogP contribution in [-0.2, 0) is 6.54 Å². The van der Waals surface area contributed by atoms with Gasteiger partial charge in [-0.3, -0.25) is 0 Å². The maximum atomic E-state index is 12.7. The maximum Gasteiger partial charge on any atom is 0.405 e. The highest BCUT2D eigenvalue weighted by molar-refractivity contribution is 5.51. The van der Waals surface area contributed by atoms with Crippen LogP contribution in [0.15, 0.2) is 18.2 Å². The normalized spacial score (nSPS) is 12.3. The van der Waals surface area contributed by atoms with E-state index in [1.54, 1.807) is 19.9 Å². The van der Waals surface area contributed by atoms with E-state index in [1.807, 2.05) is 19.1 Å². The molecule has 1 rings (SSSR count). The summed E-state index contributed by atoms with van der Waals surface area (Å²) < 4.78 is 38.1. The lowest BCUT2D eigenvalue weighted by Crippen LogP contribution is -2.39. The first-order valence-corrected chi connectivity index (χ1v) is 7.26. The molecular weight excluding hydrogens is 277 g/mol. The second-order valence-electron chi connectivity index (χ2n) is 5.98. The molecule has 0 atom stereocenters. The third kappa shape index (κ3) is 5.96. The first kappa shape index (κ1) is 17.8. The highest BCUT2D eigenvalue weighted by atomic mass is 19.4. The van der Waals surface area contributed by atoms with Crippen LogP contribution in [0.3, 0.4) is 0 Å². The predicted octanol–water partition coefficient (Wildman–Crippen LogP) is 4.27.